The van der Waals surface area contributed by atoms with Gasteiger partial charge in [0.05, 0.1) is 12.2 Å². The molecule has 7 heteroatoms. The molecule has 1 saturated heterocycles. The zero-order valence-electron chi connectivity index (χ0n) is 13.1. The first-order valence-electron chi connectivity index (χ1n) is 7.74. The molecule has 0 bridgehead atoms. The van der Waals surface area contributed by atoms with E-state index in [2.05, 4.69) is 10.6 Å². The van der Waals surface area contributed by atoms with Gasteiger partial charge >= 0.3 is 0 Å². The highest BCUT2D eigenvalue weighted by atomic mass is 35.5. The average molecular weight is 342 g/mol. The Morgan fingerprint density at radius 1 is 1.30 bits per heavy atom. The molecule has 1 heterocycles. The van der Waals surface area contributed by atoms with Gasteiger partial charge in [0.1, 0.15) is 11.9 Å². The highest BCUT2D eigenvalue weighted by Crippen LogP contribution is 2.19. The number of halogens is 2. The maximum absolute atomic E-state index is 13.5. The number of piperidine rings is 1. The van der Waals surface area contributed by atoms with E-state index in [0.29, 0.717) is 5.02 Å². The van der Waals surface area contributed by atoms with Gasteiger partial charge in [-0.05, 0) is 44.4 Å². The van der Waals surface area contributed by atoms with Crippen molar-refractivity contribution in [1.29, 1.82) is 0 Å². The number of nitrogens with zero attached hydrogens (tertiary/aromatic N) is 1. The van der Waals surface area contributed by atoms with Gasteiger partial charge in [0.15, 0.2) is 0 Å². The second kappa shape index (κ2) is 8.15. The van der Waals surface area contributed by atoms with Crippen molar-refractivity contribution in [2.24, 2.45) is 0 Å². The van der Waals surface area contributed by atoms with Crippen molar-refractivity contribution in [2.75, 3.05) is 25.0 Å². The number of amides is 2. The van der Waals surface area contributed by atoms with Crippen molar-refractivity contribution < 1.29 is 14.0 Å². The fourth-order valence-electron chi connectivity index (χ4n) is 2.55. The fourth-order valence-corrected chi connectivity index (χ4v) is 2.72. The van der Waals surface area contributed by atoms with Crippen LogP contribution in [0.2, 0.25) is 5.02 Å². The summed E-state index contributed by atoms with van der Waals surface area (Å²) < 4.78 is 13.5. The van der Waals surface area contributed by atoms with Crippen LogP contribution >= 0.6 is 11.6 Å². The molecule has 1 unspecified atom stereocenters. The lowest BCUT2D eigenvalue weighted by molar-refractivity contribution is -0.136. The molecule has 0 aromatic heterocycles. The zero-order valence-corrected chi connectivity index (χ0v) is 13.8. The smallest absolute Gasteiger partial charge is 0.244 e. The normalized spacial score (nSPS) is 15.9. The van der Waals surface area contributed by atoms with E-state index in [4.69, 9.17) is 11.6 Å². The molecule has 0 aliphatic carbocycles. The van der Waals surface area contributed by atoms with Crippen LogP contribution in [0, 0.1) is 5.82 Å². The molecule has 2 N–H and O–H groups in total. The Bertz CT molecular complexity index is 576. The van der Waals surface area contributed by atoms with Gasteiger partial charge in [-0.1, -0.05) is 11.6 Å². The molecule has 23 heavy (non-hydrogen) atoms. The van der Waals surface area contributed by atoms with Crippen LogP contribution in [0.4, 0.5) is 10.1 Å². The minimum absolute atomic E-state index is 0.0769. The third-order valence-electron chi connectivity index (χ3n) is 3.78. The maximum atomic E-state index is 13.5. The highest BCUT2D eigenvalue weighted by molar-refractivity contribution is 6.30. The summed E-state index contributed by atoms with van der Waals surface area (Å²) in [7, 11) is 0. The topological polar surface area (TPSA) is 61.4 Å². The lowest BCUT2D eigenvalue weighted by Gasteiger charge is -2.29. The van der Waals surface area contributed by atoms with E-state index in [1.165, 1.54) is 18.2 Å². The Morgan fingerprint density at radius 3 is 2.70 bits per heavy atom. The molecule has 1 atom stereocenters. The van der Waals surface area contributed by atoms with E-state index >= 15 is 0 Å². The first kappa shape index (κ1) is 17.5. The molecule has 126 valence electrons. The predicted molar refractivity (Wildman–Crippen MR) is 87.9 cm³/mol. The van der Waals surface area contributed by atoms with Gasteiger partial charge in [-0.3, -0.25) is 9.59 Å². The SMILES string of the molecule is CC(NC(=O)CNc1cc(Cl)ccc1F)C(=O)N1CCCCC1. The minimum Gasteiger partial charge on any atom is -0.374 e. The predicted octanol–water partition coefficient (Wildman–Crippen LogP) is 2.41. The lowest BCUT2D eigenvalue weighted by Crippen LogP contribution is -2.49. The highest BCUT2D eigenvalue weighted by Gasteiger charge is 2.23. The third-order valence-corrected chi connectivity index (χ3v) is 4.02. The van der Waals surface area contributed by atoms with E-state index in [-0.39, 0.29) is 24.0 Å². The number of carbonyl (C=O) groups excluding carboxylic acids is 2. The second-order valence-corrected chi connectivity index (χ2v) is 6.09. The Morgan fingerprint density at radius 2 is 2.00 bits per heavy atom. The minimum atomic E-state index is -0.591. The molecule has 1 aliphatic rings. The van der Waals surface area contributed by atoms with Crippen LogP contribution in [0.3, 0.4) is 0 Å². The summed E-state index contributed by atoms with van der Waals surface area (Å²) in [5, 5.41) is 5.69. The lowest BCUT2D eigenvalue weighted by atomic mass is 10.1. The first-order chi connectivity index (χ1) is 11.0. The van der Waals surface area contributed by atoms with Crippen LogP contribution in [0.15, 0.2) is 18.2 Å². The van der Waals surface area contributed by atoms with Crippen LogP contribution in [0.5, 0.6) is 0 Å². The van der Waals surface area contributed by atoms with Crippen LogP contribution in [0.1, 0.15) is 26.2 Å². The largest absolute Gasteiger partial charge is 0.374 e. The average Bonchev–Trinajstić information content (AvgIpc) is 2.55. The molecule has 1 aromatic carbocycles. The summed E-state index contributed by atoms with van der Waals surface area (Å²) in [6.45, 7) is 3.01. The van der Waals surface area contributed by atoms with Crippen molar-refractivity contribution in [3.8, 4) is 0 Å². The van der Waals surface area contributed by atoms with Gasteiger partial charge in [-0.25, -0.2) is 4.39 Å². The van der Waals surface area contributed by atoms with Crippen molar-refractivity contribution in [3.63, 3.8) is 0 Å². The second-order valence-electron chi connectivity index (χ2n) is 5.65. The Balaban J connectivity index is 1.81. The summed E-state index contributed by atoms with van der Waals surface area (Å²) >= 11 is 5.79. The van der Waals surface area contributed by atoms with Gasteiger partial charge in [0.25, 0.3) is 0 Å². The molecular formula is C16H21ClFN3O2. The Hall–Kier alpha value is -1.82. The molecule has 5 nitrogen and oxygen atoms in total. The molecule has 0 spiro atoms. The van der Waals surface area contributed by atoms with Crippen molar-refractivity contribution in [2.45, 2.75) is 32.2 Å². The number of nitrogens with one attached hydrogen (secondary N) is 2. The van der Waals surface area contributed by atoms with Gasteiger partial charge in [-0.2, -0.15) is 0 Å². The maximum Gasteiger partial charge on any atom is 0.244 e. The molecule has 0 radical (unpaired) electrons. The van der Waals surface area contributed by atoms with E-state index in [0.717, 1.165) is 32.4 Å². The van der Waals surface area contributed by atoms with E-state index in [1.807, 2.05) is 0 Å². The van der Waals surface area contributed by atoms with Crippen LogP contribution in [-0.4, -0.2) is 42.4 Å². The van der Waals surface area contributed by atoms with Crippen molar-refractivity contribution in [3.05, 3.63) is 29.0 Å². The number of hydrogen-bond donors (Lipinski definition) is 2. The molecule has 1 aliphatic heterocycles. The van der Waals surface area contributed by atoms with Crippen LogP contribution in [0.25, 0.3) is 0 Å². The number of carbonyl (C=O) groups is 2. The summed E-state index contributed by atoms with van der Waals surface area (Å²) in [6, 6.07) is 3.48. The van der Waals surface area contributed by atoms with Gasteiger partial charge in [0, 0.05) is 18.1 Å². The molecule has 2 rings (SSSR count). The van der Waals surface area contributed by atoms with Crippen LogP contribution < -0.4 is 10.6 Å². The van der Waals surface area contributed by atoms with E-state index in [1.54, 1.807) is 11.8 Å². The molecule has 0 saturated carbocycles. The molecule has 1 fully saturated rings. The zero-order chi connectivity index (χ0) is 16.8. The Kier molecular flexibility index (Phi) is 6.21. The van der Waals surface area contributed by atoms with Gasteiger partial charge < -0.3 is 15.5 Å². The van der Waals surface area contributed by atoms with Gasteiger partial charge in [0.2, 0.25) is 11.8 Å². The molecule has 1 aromatic rings. The summed E-state index contributed by atoms with van der Waals surface area (Å²) in [5.74, 6) is -0.936. The van der Waals surface area contributed by atoms with E-state index < -0.39 is 11.9 Å². The van der Waals surface area contributed by atoms with Crippen molar-refractivity contribution >= 4 is 29.1 Å². The fraction of sp³-hybridized carbons (Fsp3) is 0.500. The number of likely N-dealkylation sites (tertiary alicyclic amines) is 1. The summed E-state index contributed by atoms with van der Waals surface area (Å²) in [4.78, 5) is 25.9. The molecular weight excluding hydrogens is 321 g/mol. The first-order valence-corrected chi connectivity index (χ1v) is 8.12. The van der Waals surface area contributed by atoms with Gasteiger partial charge in [-0.15, -0.1) is 0 Å². The number of rotatable bonds is 5. The number of anilines is 1. The third kappa shape index (κ3) is 5.10. The summed E-state index contributed by atoms with van der Waals surface area (Å²) in [6.07, 6.45) is 3.14. The number of benzene rings is 1. The number of hydrogen-bond acceptors (Lipinski definition) is 3. The van der Waals surface area contributed by atoms with Crippen LogP contribution in [-0.2, 0) is 9.59 Å². The quantitative estimate of drug-likeness (QED) is 0.864. The Labute approximate surface area is 140 Å². The monoisotopic (exact) mass is 341 g/mol. The van der Waals surface area contributed by atoms with E-state index in [9.17, 15) is 14.0 Å². The standard InChI is InChI=1S/C16H21ClFN3O2/c1-11(16(23)21-7-3-2-4-8-21)20-15(22)10-19-14-9-12(17)5-6-13(14)18/h5-6,9,11,19H,2-4,7-8,10H2,1H3,(H,20,22). The molecule has 2 amide bonds. The van der Waals surface area contributed by atoms with Crippen molar-refractivity contribution in [1.82, 2.24) is 10.2 Å². The summed E-state index contributed by atoms with van der Waals surface area (Å²) in [5.41, 5.74) is 0.155.